The molecule has 0 saturated carbocycles. The van der Waals surface area contributed by atoms with Gasteiger partial charge < -0.3 is 11.1 Å². The Hall–Kier alpha value is -3.37. The number of fused-ring (bicyclic) bond motifs is 1. The molecule has 4 N–H and O–H groups in total. The molecular formula is C21H22N8OS. The van der Waals surface area contributed by atoms with Gasteiger partial charge in [-0.05, 0) is 38.4 Å². The minimum atomic E-state index is -0.201. The van der Waals surface area contributed by atoms with E-state index in [1.165, 1.54) is 17.7 Å². The predicted molar refractivity (Wildman–Crippen MR) is 121 cm³/mol. The summed E-state index contributed by atoms with van der Waals surface area (Å²) in [5.74, 6) is 0.198. The fourth-order valence-corrected chi connectivity index (χ4v) is 4.52. The summed E-state index contributed by atoms with van der Waals surface area (Å²) in [4.78, 5) is 26.4. The molecule has 0 unspecified atom stereocenters. The van der Waals surface area contributed by atoms with Gasteiger partial charge in [-0.25, -0.2) is 19.6 Å². The Balaban J connectivity index is 1.48. The van der Waals surface area contributed by atoms with Crippen LogP contribution >= 0.6 is 11.3 Å². The summed E-state index contributed by atoms with van der Waals surface area (Å²) in [5, 5.41) is 12.4. The monoisotopic (exact) mass is 434 g/mol. The van der Waals surface area contributed by atoms with E-state index in [0.717, 1.165) is 53.1 Å². The average molecular weight is 435 g/mol. The number of hydrogen-bond acceptors (Lipinski definition) is 8. The average Bonchev–Trinajstić information content (AvgIpc) is 3.39. The first kappa shape index (κ1) is 19.6. The Kier molecular flexibility index (Phi) is 5.08. The first-order valence-electron chi connectivity index (χ1n) is 10.1. The molecular weight excluding hydrogens is 412 g/mol. The van der Waals surface area contributed by atoms with Crippen molar-refractivity contribution in [2.24, 2.45) is 0 Å². The maximum Gasteiger partial charge on any atom is 0.257 e. The number of carbonyl (C=O) groups excluding carboxylic acids is 1. The molecule has 4 heterocycles. The Morgan fingerprint density at radius 2 is 2.10 bits per heavy atom. The van der Waals surface area contributed by atoms with Crippen LogP contribution in [0.15, 0.2) is 36.8 Å². The number of aryl methyl sites for hydroxylation is 1. The van der Waals surface area contributed by atoms with Gasteiger partial charge in [-0.15, -0.1) is 11.3 Å². The van der Waals surface area contributed by atoms with Crippen LogP contribution in [0.5, 0.6) is 0 Å². The molecule has 0 bridgehead atoms. The number of nitrogen functional groups attached to an aromatic ring is 1. The number of amides is 1. The highest BCUT2D eigenvalue weighted by Crippen LogP contribution is 2.33. The largest absolute Gasteiger partial charge is 0.383 e. The number of nitrogens with zero attached hydrogens (tertiary/aromatic N) is 5. The van der Waals surface area contributed by atoms with E-state index in [4.69, 9.17) is 10.8 Å². The van der Waals surface area contributed by atoms with Crippen molar-refractivity contribution in [1.82, 2.24) is 30.0 Å². The lowest BCUT2D eigenvalue weighted by Gasteiger charge is -2.23. The van der Waals surface area contributed by atoms with Crippen LogP contribution in [0.4, 0.5) is 10.9 Å². The van der Waals surface area contributed by atoms with Crippen LogP contribution < -0.4 is 16.4 Å². The zero-order chi connectivity index (χ0) is 21.4. The molecule has 5 rings (SSSR count). The summed E-state index contributed by atoms with van der Waals surface area (Å²) in [7, 11) is 0. The number of rotatable bonds is 4. The Bertz CT molecular complexity index is 1240. The normalized spacial score (nSPS) is 16.5. The highest BCUT2D eigenvalue weighted by Gasteiger charge is 2.23. The van der Waals surface area contributed by atoms with Gasteiger partial charge in [-0.3, -0.25) is 10.1 Å². The van der Waals surface area contributed by atoms with Gasteiger partial charge in [-0.1, -0.05) is 12.1 Å². The molecule has 3 aromatic heterocycles. The summed E-state index contributed by atoms with van der Waals surface area (Å²) in [6.07, 6.45) is 5.33. The van der Waals surface area contributed by atoms with E-state index < -0.39 is 0 Å². The number of piperidine rings is 1. The topological polar surface area (TPSA) is 124 Å². The number of nitrogens with one attached hydrogen (secondary N) is 2. The van der Waals surface area contributed by atoms with Crippen molar-refractivity contribution >= 4 is 39.2 Å². The molecule has 1 atom stereocenters. The number of anilines is 2. The van der Waals surface area contributed by atoms with Crippen LogP contribution in [0, 0.1) is 6.92 Å². The van der Waals surface area contributed by atoms with Crippen LogP contribution in [0.1, 0.15) is 34.1 Å². The lowest BCUT2D eigenvalue weighted by molar-refractivity contribution is 0.102. The molecule has 1 amide bonds. The van der Waals surface area contributed by atoms with E-state index in [2.05, 4.69) is 25.6 Å². The lowest BCUT2D eigenvalue weighted by Crippen LogP contribution is -2.32. The van der Waals surface area contributed by atoms with E-state index in [0.29, 0.717) is 16.5 Å². The van der Waals surface area contributed by atoms with Gasteiger partial charge in [0.1, 0.15) is 17.8 Å². The lowest BCUT2D eigenvalue weighted by atomic mass is 10.1. The SMILES string of the molecule is Cc1cnc(NC(=O)c2ccc(-c3nn([C@@H]4CCCNC4)c4ncnc(N)c34)cc2)s1. The zero-order valence-corrected chi connectivity index (χ0v) is 17.8. The Morgan fingerprint density at radius 1 is 1.26 bits per heavy atom. The van der Waals surface area contributed by atoms with Gasteiger partial charge in [0.25, 0.3) is 5.91 Å². The molecule has 0 radical (unpaired) electrons. The van der Waals surface area contributed by atoms with Crippen molar-refractivity contribution in [2.45, 2.75) is 25.8 Å². The molecule has 1 aliphatic rings. The summed E-state index contributed by atoms with van der Waals surface area (Å²) in [6.45, 7) is 3.81. The minimum absolute atomic E-state index is 0.201. The fraction of sp³-hybridized carbons (Fsp3) is 0.286. The van der Waals surface area contributed by atoms with Crippen LogP contribution in [0.3, 0.4) is 0 Å². The molecule has 9 nitrogen and oxygen atoms in total. The Morgan fingerprint density at radius 3 is 2.81 bits per heavy atom. The second kappa shape index (κ2) is 8.05. The van der Waals surface area contributed by atoms with E-state index in [1.807, 2.05) is 23.7 Å². The molecule has 1 aliphatic heterocycles. The van der Waals surface area contributed by atoms with Crippen LogP contribution in [-0.2, 0) is 0 Å². The van der Waals surface area contributed by atoms with Crippen LogP contribution in [-0.4, -0.2) is 43.7 Å². The molecule has 158 valence electrons. The summed E-state index contributed by atoms with van der Waals surface area (Å²) in [6, 6.07) is 7.52. The summed E-state index contributed by atoms with van der Waals surface area (Å²) >= 11 is 1.44. The van der Waals surface area contributed by atoms with Gasteiger partial charge in [0, 0.05) is 28.7 Å². The molecule has 1 aromatic carbocycles. The third-order valence-electron chi connectivity index (χ3n) is 5.40. The fourth-order valence-electron chi connectivity index (χ4n) is 3.86. The van der Waals surface area contributed by atoms with Crippen molar-refractivity contribution in [1.29, 1.82) is 0 Å². The van der Waals surface area contributed by atoms with Gasteiger partial charge in [0.2, 0.25) is 0 Å². The first-order chi connectivity index (χ1) is 15.1. The summed E-state index contributed by atoms with van der Waals surface area (Å²) < 4.78 is 1.96. The van der Waals surface area contributed by atoms with Crippen molar-refractivity contribution in [3.63, 3.8) is 0 Å². The van der Waals surface area contributed by atoms with Crippen LogP contribution in [0.2, 0.25) is 0 Å². The van der Waals surface area contributed by atoms with E-state index in [9.17, 15) is 4.79 Å². The first-order valence-corrected chi connectivity index (χ1v) is 11.0. The molecule has 1 fully saturated rings. The van der Waals surface area contributed by atoms with E-state index in [-0.39, 0.29) is 11.9 Å². The third kappa shape index (κ3) is 3.75. The van der Waals surface area contributed by atoms with Crippen molar-refractivity contribution in [2.75, 3.05) is 24.1 Å². The molecule has 10 heteroatoms. The van der Waals surface area contributed by atoms with E-state index in [1.54, 1.807) is 18.3 Å². The highest BCUT2D eigenvalue weighted by atomic mass is 32.1. The molecule has 4 aromatic rings. The number of aromatic nitrogens is 5. The second-order valence-electron chi connectivity index (χ2n) is 7.56. The number of carbonyl (C=O) groups is 1. The quantitative estimate of drug-likeness (QED) is 0.451. The van der Waals surface area contributed by atoms with Gasteiger partial charge in [-0.2, -0.15) is 5.10 Å². The molecule has 31 heavy (non-hydrogen) atoms. The molecule has 1 saturated heterocycles. The summed E-state index contributed by atoms with van der Waals surface area (Å²) in [5.41, 5.74) is 9.07. The third-order valence-corrected chi connectivity index (χ3v) is 6.23. The predicted octanol–water partition coefficient (Wildman–Crippen LogP) is 3.02. The minimum Gasteiger partial charge on any atom is -0.383 e. The molecule has 0 spiro atoms. The number of nitrogens with two attached hydrogens (primary N) is 1. The van der Waals surface area contributed by atoms with Gasteiger partial charge in [0.05, 0.1) is 11.4 Å². The smallest absolute Gasteiger partial charge is 0.257 e. The van der Waals surface area contributed by atoms with Crippen molar-refractivity contribution in [3.8, 4) is 11.3 Å². The second-order valence-corrected chi connectivity index (χ2v) is 8.79. The van der Waals surface area contributed by atoms with E-state index >= 15 is 0 Å². The molecule has 0 aliphatic carbocycles. The standard InChI is InChI=1S/C21H22N8OS/c1-12-9-24-21(31-12)27-20(30)14-6-4-13(5-7-14)17-16-18(22)25-11-26-19(16)29(28-17)15-3-2-8-23-10-15/h4-7,9,11,15,23H,2-3,8,10H2,1H3,(H2,22,25,26)(H,24,27,30)/t15-/m1/s1. The maximum atomic E-state index is 12.5. The Labute approximate surface area is 182 Å². The zero-order valence-electron chi connectivity index (χ0n) is 17.0. The van der Waals surface area contributed by atoms with Gasteiger partial charge >= 0.3 is 0 Å². The van der Waals surface area contributed by atoms with Gasteiger partial charge in [0.15, 0.2) is 10.8 Å². The number of hydrogen-bond donors (Lipinski definition) is 3. The number of benzene rings is 1. The van der Waals surface area contributed by atoms with Crippen molar-refractivity contribution < 1.29 is 4.79 Å². The van der Waals surface area contributed by atoms with Crippen LogP contribution in [0.25, 0.3) is 22.3 Å². The number of thiazole rings is 1. The maximum absolute atomic E-state index is 12.5. The van der Waals surface area contributed by atoms with Crippen molar-refractivity contribution in [3.05, 3.63) is 47.2 Å². The highest BCUT2D eigenvalue weighted by molar-refractivity contribution is 7.15.